The number of hydrogen-bond donors (Lipinski definition) is 3. The fourth-order valence-corrected chi connectivity index (χ4v) is 2.54. The van der Waals surface area contributed by atoms with Crippen molar-refractivity contribution in [2.75, 3.05) is 13.1 Å². The molecule has 0 unspecified atom stereocenters. The Labute approximate surface area is 105 Å². The van der Waals surface area contributed by atoms with Gasteiger partial charge in [-0.1, -0.05) is 13.8 Å². The first-order valence-corrected chi connectivity index (χ1v) is 6.77. The molecule has 2 amide bonds. The Morgan fingerprint density at radius 3 is 2.41 bits per heavy atom. The molecule has 4 N–H and O–H groups in total. The lowest BCUT2D eigenvalue weighted by Gasteiger charge is -2.38. The van der Waals surface area contributed by atoms with Gasteiger partial charge in [0.05, 0.1) is 0 Å². The zero-order chi connectivity index (χ0) is 12.9. The largest absolute Gasteiger partial charge is 0.338 e. The summed E-state index contributed by atoms with van der Waals surface area (Å²) in [5, 5.41) is 5.59. The smallest absolute Gasteiger partial charge is 0.314 e. The predicted octanol–water partition coefficient (Wildman–Crippen LogP) is 1.85. The molecule has 0 radical (unpaired) electrons. The molecular weight excluding hydrogens is 214 g/mol. The van der Waals surface area contributed by atoms with Crippen LogP contribution >= 0.6 is 0 Å². The molecule has 0 spiro atoms. The van der Waals surface area contributed by atoms with E-state index in [0.717, 1.165) is 24.7 Å². The standard InChI is InChI=1S/C13H27N3O/c1-4-15-12(17)16-9-13(14)7-5-11(6-8-13)10(2)3/h10-11H,4-9,14H2,1-3H3,(H2,15,16,17). The van der Waals surface area contributed by atoms with E-state index in [0.29, 0.717) is 13.1 Å². The van der Waals surface area contributed by atoms with Crippen LogP contribution in [-0.4, -0.2) is 24.7 Å². The summed E-state index contributed by atoms with van der Waals surface area (Å²) in [6.07, 6.45) is 4.40. The molecule has 0 aliphatic heterocycles. The molecule has 0 atom stereocenters. The summed E-state index contributed by atoms with van der Waals surface area (Å²) >= 11 is 0. The Hall–Kier alpha value is -0.770. The lowest BCUT2D eigenvalue weighted by atomic mass is 9.73. The van der Waals surface area contributed by atoms with Gasteiger partial charge in [0, 0.05) is 18.6 Å². The van der Waals surface area contributed by atoms with Gasteiger partial charge in [-0.2, -0.15) is 0 Å². The highest BCUT2D eigenvalue weighted by atomic mass is 16.2. The minimum Gasteiger partial charge on any atom is -0.338 e. The van der Waals surface area contributed by atoms with Crippen LogP contribution in [0, 0.1) is 11.8 Å². The summed E-state index contributed by atoms with van der Waals surface area (Å²) in [4.78, 5) is 11.3. The maximum Gasteiger partial charge on any atom is 0.314 e. The number of carbonyl (C=O) groups is 1. The number of carbonyl (C=O) groups excluding carboxylic acids is 1. The predicted molar refractivity (Wildman–Crippen MR) is 70.8 cm³/mol. The summed E-state index contributed by atoms with van der Waals surface area (Å²) in [6, 6.07) is -0.108. The zero-order valence-corrected chi connectivity index (χ0v) is 11.4. The Kier molecular flexibility index (Phi) is 5.25. The zero-order valence-electron chi connectivity index (χ0n) is 11.4. The third-order valence-corrected chi connectivity index (χ3v) is 3.91. The van der Waals surface area contributed by atoms with Crippen molar-refractivity contribution in [3.8, 4) is 0 Å². The number of nitrogens with two attached hydrogens (primary N) is 1. The molecule has 0 aromatic heterocycles. The van der Waals surface area contributed by atoms with Crippen molar-refractivity contribution in [2.45, 2.75) is 52.0 Å². The van der Waals surface area contributed by atoms with Crippen molar-refractivity contribution in [1.82, 2.24) is 10.6 Å². The van der Waals surface area contributed by atoms with Crippen LogP contribution in [0.3, 0.4) is 0 Å². The van der Waals surface area contributed by atoms with Crippen LogP contribution in [0.5, 0.6) is 0 Å². The van der Waals surface area contributed by atoms with Gasteiger partial charge in [-0.05, 0) is 44.4 Å². The summed E-state index contributed by atoms with van der Waals surface area (Å²) in [5.74, 6) is 1.55. The van der Waals surface area contributed by atoms with E-state index in [2.05, 4.69) is 24.5 Å². The first-order chi connectivity index (χ1) is 7.97. The quantitative estimate of drug-likeness (QED) is 0.703. The highest BCUT2D eigenvalue weighted by molar-refractivity contribution is 5.73. The first kappa shape index (κ1) is 14.3. The van der Waals surface area contributed by atoms with E-state index in [1.54, 1.807) is 0 Å². The average molecular weight is 241 g/mol. The normalized spacial score (nSPS) is 29.1. The molecule has 4 heteroatoms. The van der Waals surface area contributed by atoms with Gasteiger partial charge >= 0.3 is 6.03 Å². The van der Waals surface area contributed by atoms with E-state index in [9.17, 15) is 4.79 Å². The van der Waals surface area contributed by atoms with Crippen molar-refractivity contribution in [3.63, 3.8) is 0 Å². The van der Waals surface area contributed by atoms with Crippen LogP contribution in [0.2, 0.25) is 0 Å². The van der Waals surface area contributed by atoms with E-state index in [-0.39, 0.29) is 11.6 Å². The third kappa shape index (κ3) is 4.54. The lowest BCUT2D eigenvalue weighted by molar-refractivity contribution is 0.189. The second kappa shape index (κ2) is 6.24. The van der Waals surface area contributed by atoms with Crippen molar-refractivity contribution >= 4 is 6.03 Å². The third-order valence-electron chi connectivity index (χ3n) is 3.91. The maximum absolute atomic E-state index is 11.3. The average Bonchev–Trinajstić information content (AvgIpc) is 2.28. The fourth-order valence-electron chi connectivity index (χ4n) is 2.54. The van der Waals surface area contributed by atoms with Gasteiger partial charge < -0.3 is 16.4 Å². The van der Waals surface area contributed by atoms with Gasteiger partial charge in [-0.15, -0.1) is 0 Å². The molecule has 0 bridgehead atoms. The molecule has 1 aliphatic carbocycles. The maximum atomic E-state index is 11.3. The van der Waals surface area contributed by atoms with E-state index in [1.165, 1.54) is 12.8 Å². The van der Waals surface area contributed by atoms with Gasteiger partial charge in [-0.3, -0.25) is 0 Å². The number of urea groups is 1. The minimum atomic E-state index is -0.198. The Balaban J connectivity index is 2.32. The Morgan fingerprint density at radius 1 is 1.35 bits per heavy atom. The highest BCUT2D eigenvalue weighted by Gasteiger charge is 2.32. The van der Waals surface area contributed by atoms with Crippen molar-refractivity contribution in [3.05, 3.63) is 0 Å². The molecule has 17 heavy (non-hydrogen) atoms. The molecule has 0 saturated heterocycles. The van der Waals surface area contributed by atoms with Gasteiger partial charge in [0.25, 0.3) is 0 Å². The van der Waals surface area contributed by atoms with Crippen LogP contribution in [-0.2, 0) is 0 Å². The molecule has 1 fully saturated rings. The van der Waals surface area contributed by atoms with E-state index in [1.807, 2.05) is 6.92 Å². The van der Waals surface area contributed by atoms with E-state index in [4.69, 9.17) is 5.73 Å². The molecular formula is C13H27N3O. The second-order valence-electron chi connectivity index (χ2n) is 5.66. The van der Waals surface area contributed by atoms with Crippen molar-refractivity contribution < 1.29 is 4.79 Å². The van der Waals surface area contributed by atoms with Gasteiger partial charge in [0.1, 0.15) is 0 Å². The summed E-state index contributed by atoms with van der Waals surface area (Å²) in [6.45, 7) is 7.70. The Morgan fingerprint density at radius 2 is 1.94 bits per heavy atom. The van der Waals surface area contributed by atoms with Crippen LogP contribution < -0.4 is 16.4 Å². The fraction of sp³-hybridized carbons (Fsp3) is 0.923. The topological polar surface area (TPSA) is 67.2 Å². The molecule has 4 nitrogen and oxygen atoms in total. The van der Waals surface area contributed by atoms with Gasteiger partial charge in [-0.25, -0.2) is 4.79 Å². The van der Waals surface area contributed by atoms with Crippen molar-refractivity contribution in [1.29, 1.82) is 0 Å². The summed E-state index contributed by atoms with van der Waals surface area (Å²) < 4.78 is 0. The molecule has 1 rings (SSSR count). The molecule has 100 valence electrons. The SMILES string of the molecule is CCNC(=O)NCC1(N)CCC(C(C)C)CC1. The summed E-state index contributed by atoms with van der Waals surface area (Å²) in [5.41, 5.74) is 6.13. The molecule has 1 saturated carbocycles. The minimum absolute atomic E-state index is 0.108. The first-order valence-electron chi connectivity index (χ1n) is 6.77. The summed E-state index contributed by atoms with van der Waals surface area (Å²) in [7, 11) is 0. The molecule has 1 aliphatic rings. The number of rotatable bonds is 4. The van der Waals surface area contributed by atoms with Gasteiger partial charge in [0.2, 0.25) is 0 Å². The van der Waals surface area contributed by atoms with Crippen LogP contribution in [0.15, 0.2) is 0 Å². The molecule has 0 heterocycles. The Bertz CT molecular complexity index is 245. The number of nitrogens with one attached hydrogen (secondary N) is 2. The second-order valence-corrected chi connectivity index (χ2v) is 5.66. The van der Waals surface area contributed by atoms with Crippen molar-refractivity contribution in [2.24, 2.45) is 17.6 Å². The monoisotopic (exact) mass is 241 g/mol. The lowest BCUT2D eigenvalue weighted by Crippen LogP contribution is -2.54. The molecule has 0 aromatic carbocycles. The highest BCUT2D eigenvalue weighted by Crippen LogP contribution is 2.34. The van der Waals surface area contributed by atoms with Crippen LogP contribution in [0.1, 0.15) is 46.5 Å². The van der Waals surface area contributed by atoms with Gasteiger partial charge in [0.15, 0.2) is 0 Å². The van der Waals surface area contributed by atoms with E-state index >= 15 is 0 Å². The van der Waals surface area contributed by atoms with Crippen LogP contribution in [0.25, 0.3) is 0 Å². The number of hydrogen-bond acceptors (Lipinski definition) is 2. The molecule has 0 aromatic rings. The van der Waals surface area contributed by atoms with Crippen LogP contribution in [0.4, 0.5) is 4.79 Å². The van der Waals surface area contributed by atoms with E-state index < -0.39 is 0 Å². The number of amides is 2.